The first-order valence-electron chi connectivity index (χ1n) is 2.82. The van der Waals surface area contributed by atoms with Gasteiger partial charge in [-0.3, -0.25) is 4.79 Å². The smallest absolute Gasteiger partial charge is 0.349 e. The number of aliphatic carboxylic acids is 2. The highest BCUT2D eigenvalue weighted by Crippen LogP contribution is 1.92. The van der Waals surface area contributed by atoms with Crippen molar-refractivity contribution in [3.63, 3.8) is 0 Å². The van der Waals surface area contributed by atoms with Gasteiger partial charge in [0.15, 0.2) is 0 Å². The highest BCUT2D eigenvalue weighted by Gasteiger charge is 2.22. The van der Waals surface area contributed by atoms with Gasteiger partial charge < -0.3 is 10.2 Å². The Morgan fingerprint density at radius 2 is 2.17 bits per heavy atom. The maximum absolute atomic E-state index is 10.2. The standard InChI is InChI=1S/C4H6N4O4/c5-7-8-6-2(4(11)12)1-3(9)10/h2,6H,1H2,(H,9,10)(H,11,12)/t2-/m0/s1. The largest absolute Gasteiger partial charge is 0.481 e. The molecule has 0 heterocycles. The van der Waals surface area contributed by atoms with Crippen molar-refractivity contribution < 1.29 is 19.8 Å². The molecule has 0 aromatic heterocycles. The fraction of sp³-hybridized carbons (Fsp3) is 0.500. The molecule has 0 aliphatic heterocycles. The Hall–Kier alpha value is -1.95. The number of nitrogens with one attached hydrogen (secondary N) is 1. The first-order valence-corrected chi connectivity index (χ1v) is 2.82. The molecule has 0 fully saturated rings. The van der Waals surface area contributed by atoms with Gasteiger partial charge in [0, 0.05) is 0 Å². The second-order valence-electron chi connectivity index (χ2n) is 1.81. The summed E-state index contributed by atoms with van der Waals surface area (Å²) in [5.41, 5.74) is 9.61. The van der Waals surface area contributed by atoms with Crippen molar-refractivity contribution in [2.75, 3.05) is 0 Å². The zero-order valence-electron chi connectivity index (χ0n) is 5.84. The lowest BCUT2D eigenvalue weighted by molar-refractivity contribution is -0.145. The summed E-state index contributed by atoms with van der Waals surface area (Å²) < 4.78 is 0. The van der Waals surface area contributed by atoms with Crippen molar-refractivity contribution in [3.05, 3.63) is 10.4 Å². The van der Waals surface area contributed by atoms with Crippen molar-refractivity contribution >= 4 is 11.9 Å². The number of rotatable bonds is 5. The van der Waals surface area contributed by atoms with Crippen LogP contribution in [-0.4, -0.2) is 28.2 Å². The number of carboxylic acids is 2. The Labute approximate surface area is 66.4 Å². The van der Waals surface area contributed by atoms with E-state index in [0.717, 1.165) is 0 Å². The summed E-state index contributed by atoms with van der Waals surface area (Å²) in [7, 11) is 0. The molecule has 0 saturated heterocycles. The lowest BCUT2D eigenvalue weighted by Crippen LogP contribution is -2.34. The lowest BCUT2D eigenvalue weighted by atomic mass is 10.2. The lowest BCUT2D eigenvalue weighted by Gasteiger charge is -2.03. The molecule has 66 valence electrons. The molecular weight excluding hydrogens is 168 g/mol. The molecule has 0 radical (unpaired) electrons. The molecule has 12 heavy (non-hydrogen) atoms. The van der Waals surface area contributed by atoms with E-state index in [4.69, 9.17) is 15.7 Å². The number of hydrogen-bond acceptors (Lipinski definition) is 3. The monoisotopic (exact) mass is 174 g/mol. The maximum atomic E-state index is 10.2. The van der Waals surface area contributed by atoms with Crippen molar-refractivity contribution in [3.8, 4) is 0 Å². The van der Waals surface area contributed by atoms with E-state index >= 15 is 0 Å². The average molecular weight is 174 g/mol. The first-order chi connectivity index (χ1) is 5.57. The Morgan fingerprint density at radius 3 is 2.50 bits per heavy atom. The number of azide groups is 1. The van der Waals surface area contributed by atoms with Crippen LogP contribution >= 0.6 is 0 Å². The van der Waals surface area contributed by atoms with Gasteiger partial charge in [-0.25, -0.2) is 10.2 Å². The van der Waals surface area contributed by atoms with Crippen molar-refractivity contribution in [2.45, 2.75) is 12.5 Å². The molecule has 0 aromatic carbocycles. The van der Waals surface area contributed by atoms with E-state index in [2.05, 4.69) is 10.1 Å². The summed E-state index contributed by atoms with van der Waals surface area (Å²) in [6.07, 6.45) is -0.644. The van der Waals surface area contributed by atoms with Gasteiger partial charge in [0.2, 0.25) is 6.04 Å². The van der Waals surface area contributed by atoms with Crippen molar-refractivity contribution in [1.29, 1.82) is 0 Å². The van der Waals surface area contributed by atoms with E-state index in [1.54, 1.807) is 0 Å². The van der Waals surface area contributed by atoms with Crippen LogP contribution < -0.4 is 5.43 Å². The van der Waals surface area contributed by atoms with Crippen LogP contribution in [-0.2, 0) is 9.59 Å². The molecule has 0 unspecified atom stereocenters. The van der Waals surface area contributed by atoms with Gasteiger partial charge in [-0.1, -0.05) is 0 Å². The van der Waals surface area contributed by atoms with Crippen LogP contribution in [0.15, 0.2) is 5.22 Å². The Balaban J connectivity index is 4.13. The van der Waals surface area contributed by atoms with Gasteiger partial charge in [0.25, 0.3) is 0 Å². The number of nitrogens with zero attached hydrogens (tertiary/aromatic N) is 3. The van der Waals surface area contributed by atoms with E-state index in [1.165, 1.54) is 0 Å². The van der Waals surface area contributed by atoms with Gasteiger partial charge in [0.05, 0.1) is 6.42 Å². The van der Waals surface area contributed by atoms with E-state index in [-0.39, 0.29) is 0 Å². The van der Waals surface area contributed by atoms with Gasteiger partial charge in [0.1, 0.15) is 0 Å². The van der Waals surface area contributed by atoms with Crippen LogP contribution in [0.5, 0.6) is 0 Å². The third kappa shape index (κ3) is 3.96. The molecule has 0 aromatic rings. The molecule has 0 aliphatic carbocycles. The minimum atomic E-state index is -1.39. The molecule has 0 rings (SSSR count). The van der Waals surface area contributed by atoms with Crippen LogP contribution in [0.4, 0.5) is 0 Å². The molecule has 0 aliphatic rings. The van der Waals surface area contributed by atoms with Crippen LogP contribution in [0.1, 0.15) is 6.42 Å². The third-order valence-electron chi connectivity index (χ3n) is 0.935. The SMILES string of the molecule is [N-]=[N+]=NN[C@@H](CC(=O)O)C(=O)O. The summed E-state index contributed by atoms with van der Waals surface area (Å²) in [6, 6.07) is -1.39. The number of carbonyl (C=O) groups is 2. The summed E-state index contributed by atoms with van der Waals surface area (Å²) in [4.78, 5) is 22.5. The molecule has 8 nitrogen and oxygen atoms in total. The second kappa shape index (κ2) is 4.80. The van der Waals surface area contributed by atoms with Gasteiger partial charge in [-0.2, -0.15) is 4.91 Å². The zero-order chi connectivity index (χ0) is 9.56. The van der Waals surface area contributed by atoms with Crippen LogP contribution in [0.25, 0.3) is 10.4 Å². The average Bonchev–Trinajstić information content (AvgIpc) is 1.96. The Kier molecular flexibility index (Phi) is 4.02. The van der Waals surface area contributed by atoms with Crippen LogP contribution in [0.3, 0.4) is 0 Å². The predicted octanol–water partition coefficient (Wildman–Crippen LogP) is -0.271. The number of carboxylic acid groups (broad SMARTS) is 2. The molecule has 0 amide bonds. The third-order valence-corrected chi connectivity index (χ3v) is 0.935. The predicted molar refractivity (Wildman–Crippen MR) is 36.0 cm³/mol. The topological polar surface area (TPSA) is 135 Å². The van der Waals surface area contributed by atoms with Crippen molar-refractivity contribution in [2.24, 2.45) is 5.22 Å². The Bertz CT molecular complexity index is 229. The van der Waals surface area contributed by atoms with Crippen LogP contribution in [0, 0.1) is 0 Å². The van der Waals surface area contributed by atoms with E-state index in [9.17, 15) is 9.59 Å². The molecule has 0 spiro atoms. The minimum absolute atomic E-state index is 0.644. The first kappa shape index (κ1) is 10.0. The number of hydrogen-bond donors (Lipinski definition) is 3. The minimum Gasteiger partial charge on any atom is -0.481 e. The quantitative estimate of drug-likeness (QED) is 0.228. The molecule has 0 bridgehead atoms. The van der Waals surface area contributed by atoms with Crippen LogP contribution in [0.2, 0.25) is 0 Å². The van der Waals surface area contributed by atoms with Gasteiger partial charge >= 0.3 is 11.9 Å². The summed E-state index contributed by atoms with van der Waals surface area (Å²) >= 11 is 0. The van der Waals surface area contributed by atoms with E-state index in [1.807, 2.05) is 5.43 Å². The highest BCUT2D eigenvalue weighted by molar-refractivity contribution is 5.80. The fourth-order valence-electron chi connectivity index (χ4n) is 0.458. The highest BCUT2D eigenvalue weighted by atomic mass is 16.4. The Morgan fingerprint density at radius 1 is 1.58 bits per heavy atom. The summed E-state index contributed by atoms with van der Waals surface area (Å²) in [5, 5.41) is 19.3. The summed E-state index contributed by atoms with van der Waals surface area (Å²) in [6.45, 7) is 0. The molecule has 0 saturated carbocycles. The van der Waals surface area contributed by atoms with Gasteiger partial charge in [-0.15, -0.1) is 5.53 Å². The second-order valence-corrected chi connectivity index (χ2v) is 1.81. The van der Waals surface area contributed by atoms with Gasteiger partial charge in [-0.05, 0) is 5.22 Å². The molecule has 1 atom stereocenters. The fourth-order valence-corrected chi connectivity index (χ4v) is 0.458. The molecular formula is C4H6N4O4. The summed E-state index contributed by atoms with van der Waals surface area (Å²) in [5.74, 6) is -2.67. The maximum Gasteiger partial charge on any atom is 0.349 e. The zero-order valence-corrected chi connectivity index (χ0v) is 5.84. The van der Waals surface area contributed by atoms with E-state index in [0.29, 0.717) is 0 Å². The molecule has 8 heteroatoms. The van der Waals surface area contributed by atoms with Crippen molar-refractivity contribution in [1.82, 2.24) is 5.43 Å². The normalized spacial score (nSPS) is 11.0. The van der Waals surface area contributed by atoms with E-state index < -0.39 is 24.4 Å². The molecule has 3 N–H and O–H groups in total.